The van der Waals surface area contributed by atoms with Gasteiger partial charge in [0.1, 0.15) is 0 Å². The van der Waals surface area contributed by atoms with Crippen molar-refractivity contribution >= 4 is 22.6 Å². The first-order valence-electron chi connectivity index (χ1n) is 3.65. The Labute approximate surface area is 70.9 Å². The predicted molar refractivity (Wildman–Crippen MR) is 50.0 cm³/mol. The van der Waals surface area contributed by atoms with Crippen molar-refractivity contribution in [3.8, 4) is 0 Å². The van der Waals surface area contributed by atoms with Crippen LogP contribution in [0.3, 0.4) is 0 Å². The van der Waals surface area contributed by atoms with Crippen molar-refractivity contribution in [2.45, 2.75) is 36.5 Å². The molecule has 1 aliphatic carbocycles. The number of alkyl halides is 1. The van der Waals surface area contributed by atoms with Crippen LogP contribution in [-0.4, -0.2) is 3.92 Å². The van der Waals surface area contributed by atoms with Crippen LogP contribution in [0, 0.1) is 0 Å². The Morgan fingerprint density at radius 3 is 3.00 bits per heavy atom. The van der Waals surface area contributed by atoms with Gasteiger partial charge in [0, 0.05) is 3.92 Å². The third kappa shape index (κ3) is 2.28. The van der Waals surface area contributed by atoms with E-state index in [1.807, 2.05) is 0 Å². The van der Waals surface area contributed by atoms with Crippen LogP contribution >= 0.6 is 22.6 Å². The van der Waals surface area contributed by atoms with Gasteiger partial charge in [0.2, 0.25) is 0 Å². The van der Waals surface area contributed by atoms with E-state index in [9.17, 15) is 0 Å². The Morgan fingerprint density at radius 2 is 2.56 bits per heavy atom. The molecule has 0 saturated heterocycles. The van der Waals surface area contributed by atoms with E-state index in [2.05, 4.69) is 35.6 Å². The Balaban J connectivity index is 2.40. The summed E-state index contributed by atoms with van der Waals surface area (Å²) in [7, 11) is 0. The molecule has 0 aliphatic heterocycles. The van der Waals surface area contributed by atoms with Gasteiger partial charge in [-0.2, -0.15) is 0 Å². The van der Waals surface area contributed by atoms with Crippen molar-refractivity contribution in [2.75, 3.05) is 0 Å². The van der Waals surface area contributed by atoms with E-state index in [1.54, 1.807) is 5.57 Å². The smallest absolute Gasteiger partial charge is 0.0147 e. The first-order valence-corrected chi connectivity index (χ1v) is 4.89. The highest BCUT2D eigenvalue weighted by Crippen LogP contribution is 2.25. The molecule has 0 unspecified atom stereocenters. The predicted octanol–water partition coefficient (Wildman–Crippen LogP) is 3.31. The van der Waals surface area contributed by atoms with Crippen molar-refractivity contribution < 1.29 is 0 Å². The van der Waals surface area contributed by atoms with Gasteiger partial charge in [0.05, 0.1) is 0 Å². The summed E-state index contributed by atoms with van der Waals surface area (Å²) in [4.78, 5) is 0. The lowest BCUT2D eigenvalue weighted by molar-refractivity contribution is 0.717. The molecule has 9 heavy (non-hydrogen) atoms. The second-order valence-corrected chi connectivity index (χ2v) is 4.35. The van der Waals surface area contributed by atoms with Crippen LogP contribution < -0.4 is 0 Å². The van der Waals surface area contributed by atoms with Crippen LogP contribution in [0.5, 0.6) is 0 Å². The zero-order valence-corrected chi connectivity index (χ0v) is 8.02. The zero-order valence-electron chi connectivity index (χ0n) is 5.86. The normalized spacial score (nSPS) is 27.8. The molecule has 0 aromatic heterocycles. The first kappa shape index (κ1) is 7.58. The largest absolute Gasteiger partial charge is 0.0843 e. The highest BCUT2D eigenvalue weighted by atomic mass is 127. The molecule has 1 atom stereocenters. The maximum atomic E-state index is 2.54. The standard InChI is InChI=1S/C8H13I/c1-2-7-3-5-8(9)6-4-7/h3,8H,2,4-6H2,1H3/t8-/m0/s1. The Hall–Kier alpha value is 0.470. The molecule has 1 heteroatoms. The molecule has 0 fully saturated rings. The molecule has 0 spiro atoms. The Kier molecular flexibility index (Phi) is 3.02. The molecule has 0 aromatic rings. The lowest BCUT2D eigenvalue weighted by Crippen LogP contribution is -2.02. The monoisotopic (exact) mass is 236 g/mol. The van der Waals surface area contributed by atoms with Gasteiger partial charge in [0.15, 0.2) is 0 Å². The van der Waals surface area contributed by atoms with Crippen molar-refractivity contribution in [3.05, 3.63) is 11.6 Å². The minimum absolute atomic E-state index is 0.915. The fourth-order valence-corrected chi connectivity index (χ4v) is 1.74. The first-order chi connectivity index (χ1) is 4.33. The minimum atomic E-state index is 0.915. The second-order valence-electron chi connectivity index (χ2n) is 2.59. The Morgan fingerprint density at radius 1 is 1.78 bits per heavy atom. The SMILES string of the molecule is CCC1=CC[C@H](I)CC1. The van der Waals surface area contributed by atoms with Crippen LogP contribution in [0.1, 0.15) is 32.6 Å². The van der Waals surface area contributed by atoms with Crippen molar-refractivity contribution in [1.82, 2.24) is 0 Å². The molecular weight excluding hydrogens is 223 g/mol. The van der Waals surface area contributed by atoms with E-state index in [0.29, 0.717) is 0 Å². The molecule has 0 amide bonds. The number of allylic oxidation sites excluding steroid dienone is 2. The summed E-state index contributed by atoms with van der Waals surface area (Å²) in [6.45, 7) is 2.25. The van der Waals surface area contributed by atoms with Gasteiger partial charge in [-0.1, -0.05) is 41.2 Å². The molecule has 0 bridgehead atoms. The van der Waals surface area contributed by atoms with Crippen LogP contribution in [0.25, 0.3) is 0 Å². The molecule has 0 N–H and O–H groups in total. The average Bonchev–Trinajstić information content (AvgIpc) is 1.90. The summed E-state index contributed by atoms with van der Waals surface area (Å²) in [6, 6.07) is 0. The Bertz CT molecular complexity index is 116. The highest BCUT2D eigenvalue weighted by molar-refractivity contribution is 14.1. The average molecular weight is 236 g/mol. The number of halogens is 1. The number of hydrogen-bond donors (Lipinski definition) is 0. The summed E-state index contributed by atoms with van der Waals surface area (Å²) in [5, 5.41) is 0. The molecule has 0 saturated carbocycles. The molecule has 1 aliphatic rings. The molecule has 0 radical (unpaired) electrons. The maximum Gasteiger partial charge on any atom is 0.0147 e. The summed E-state index contributed by atoms with van der Waals surface area (Å²) < 4.78 is 0.915. The lowest BCUT2D eigenvalue weighted by Gasteiger charge is -2.15. The maximum absolute atomic E-state index is 2.54. The van der Waals surface area contributed by atoms with Gasteiger partial charge in [-0.15, -0.1) is 0 Å². The van der Waals surface area contributed by atoms with Gasteiger partial charge in [0.25, 0.3) is 0 Å². The fraction of sp³-hybridized carbons (Fsp3) is 0.750. The van der Waals surface area contributed by atoms with E-state index in [0.717, 1.165) is 3.92 Å². The van der Waals surface area contributed by atoms with E-state index in [1.165, 1.54) is 25.7 Å². The van der Waals surface area contributed by atoms with E-state index >= 15 is 0 Å². The van der Waals surface area contributed by atoms with Crippen LogP contribution in [-0.2, 0) is 0 Å². The minimum Gasteiger partial charge on any atom is -0.0843 e. The summed E-state index contributed by atoms with van der Waals surface area (Å²) in [5.41, 5.74) is 1.67. The quantitative estimate of drug-likeness (QED) is 0.372. The molecule has 0 heterocycles. The van der Waals surface area contributed by atoms with Gasteiger partial charge >= 0.3 is 0 Å². The van der Waals surface area contributed by atoms with Gasteiger partial charge in [-0.05, 0) is 25.7 Å². The highest BCUT2D eigenvalue weighted by Gasteiger charge is 2.08. The van der Waals surface area contributed by atoms with Crippen LogP contribution in [0.2, 0.25) is 0 Å². The third-order valence-corrected chi connectivity index (χ3v) is 3.03. The van der Waals surface area contributed by atoms with E-state index < -0.39 is 0 Å². The summed E-state index contributed by atoms with van der Waals surface area (Å²) in [5.74, 6) is 0. The van der Waals surface area contributed by atoms with Gasteiger partial charge < -0.3 is 0 Å². The van der Waals surface area contributed by atoms with Crippen LogP contribution in [0.15, 0.2) is 11.6 Å². The summed E-state index contributed by atoms with van der Waals surface area (Å²) >= 11 is 2.54. The van der Waals surface area contributed by atoms with Crippen LogP contribution in [0.4, 0.5) is 0 Å². The molecule has 0 nitrogen and oxygen atoms in total. The zero-order chi connectivity index (χ0) is 6.69. The van der Waals surface area contributed by atoms with Gasteiger partial charge in [-0.25, -0.2) is 0 Å². The van der Waals surface area contributed by atoms with Gasteiger partial charge in [-0.3, -0.25) is 0 Å². The number of rotatable bonds is 1. The molecule has 1 rings (SSSR count). The topological polar surface area (TPSA) is 0 Å². The van der Waals surface area contributed by atoms with Crippen molar-refractivity contribution in [2.24, 2.45) is 0 Å². The lowest BCUT2D eigenvalue weighted by atomic mass is 9.98. The molecule has 52 valence electrons. The fourth-order valence-electron chi connectivity index (χ4n) is 1.18. The summed E-state index contributed by atoms with van der Waals surface area (Å²) in [6.07, 6.45) is 7.75. The third-order valence-electron chi connectivity index (χ3n) is 1.90. The van der Waals surface area contributed by atoms with Crippen molar-refractivity contribution in [3.63, 3.8) is 0 Å². The van der Waals surface area contributed by atoms with Crippen molar-refractivity contribution in [1.29, 1.82) is 0 Å². The second kappa shape index (κ2) is 3.59. The molecular formula is C8H13I. The van der Waals surface area contributed by atoms with E-state index in [4.69, 9.17) is 0 Å². The number of hydrogen-bond acceptors (Lipinski definition) is 0. The van der Waals surface area contributed by atoms with E-state index in [-0.39, 0.29) is 0 Å². The molecule has 0 aromatic carbocycles.